The molecule has 0 radical (unpaired) electrons. The minimum atomic E-state index is -0.344. The molecule has 2 N–H and O–H groups in total. The fraction of sp³-hybridized carbons (Fsp3) is 0.118. The highest BCUT2D eigenvalue weighted by atomic mass is 79.9. The summed E-state index contributed by atoms with van der Waals surface area (Å²) in [4.78, 5) is 14.7. The van der Waals surface area contributed by atoms with Crippen LogP contribution in [0.25, 0.3) is 10.9 Å². The molecule has 0 atom stereocenters. The van der Waals surface area contributed by atoms with Gasteiger partial charge in [0.1, 0.15) is 0 Å². The smallest absolute Gasteiger partial charge is 0.274 e. The van der Waals surface area contributed by atoms with Gasteiger partial charge in [0.25, 0.3) is 5.91 Å². The number of thioether (sulfide) groups is 1. The fourth-order valence-electron chi connectivity index (χ4n) is 2.25. The molecule has 0 saturated heterocycles. The highest BCUT2D eigenvalue weighted by molar-refractivity contribution is 9.10. The Morgan fingerprint density at radius 2 is 1.96 bits per heavy atom. The molecular formula is C17H13Br2N3O2S. The molecular weight excluding hydrogens is 470 g/mol. The summed E-state index contributed by atoms with van der Waals surface area (Å²) >= 11 is 8.27. The zero-order valence-electron chi connectivity index (χ0n) is 12.9. The molecule has 1 heterocycles. The van der Waals surface area contributed by atoms with E-state index in [0.717, 1.165) is 20.0 Å². The van der Waals surface area contributed by atoms with Crippen LogP contribution in [-0.2, 0) is 10.5 Å². The van der Waals surface area contributed by atoms with Gasteiger partial charge in [-0.25, -0.2) is 0 Å². The number of amides is 1. The van der Waals surface area contributed by atoms with Gasteiger partial charge in [-0.15, -0.1) is 22.0 Å². The Labute approximate surface area is 165 Å². The van der Waals surface area contributed by atoms with E-state index in [-0.39, 0.29) is 23.2 Å². The zero-order chi connectivity index (χ0) is 17.8. The molecule has 2 aromatic carbocycles. The van der Waals surface area contributed by atoms with Gasteiger partial charge in [0.2, 0.25) is 5.88 Å². The van der Waals surface area contributed by atoms with Crippen molar-refractivity contribution in [3.05, 3.63) is 57.0 Å². The van der Waals surface area contributed by atoms with E-state index in [1.54, 1.807) is 0 Å². The molecule has 0 aliphatic rings. The molecule has 0 unspecified atom stereocenters. The van der Waals surface area contributed by atoms with Crippen molar-refractivity contribution in [1.29, 1.82) is 0 Å². The highest BCUT2D eigenvalue weighted by Crippen LogP contribution is 2.36. The number of rotatable bonds is 5. The molecule has 0 aliphatic carbocycles. The quantitative estimate of drug-likeness (QED) is 0.441. The van der Waals surface area contributed by atoms with Crippen LogP contribution in [0.1, 0.15) is 5.56 Å². The predicted molar refractivity (Wildman–Crippen MR) is 107 cm³/mol. The van der Waals surface area contributed by atoms with Gasteiger partial charge in [0.05, 0.1) is 11.3 Å². The van der Waals surface area contributed by atoms with Gasteiger partial charge in [-0.2, -0.15) is 0 Å². The molecule has 1 amide bonds. The molecule has 0 fully saturated rings. The van der Waals surface area contributed by atoms with E-state index in [2.05, 4.69) is 47.1 Å². The Morgan fingerprint density at radius 3 is 2.76 bits per heavy atom. The Hall–Kier alpha value is -1.64. The lowest BCUT2D eigenvalue weighted by molar-refractivity contribution is -0.115. The summed E-state index contributed by atoms with van der Waals surface area (Å²) in [6, 6.07) is 13.4. The number of aromatic amines is 1. The number of aromatic hydroxyl groups is 1. The van der Waals surface area contributed by atoms with Crippen molar-refractivity contribution in [1.82, 2.24) is 4.98 Å². The molecule has 3 aromatic rings. The Morgan fingerprint density at radius 1 is 1.16 bits per heavy atom. The number of carbonyl (C=O) groups is 1. The van der Waals surface area contributed by atoms with Crippen molar-refractivity contribution >= 4 is 66.1 Å². The number of aromatic nitrogens is 1. The number of hydrogen-bond donors (Lipinski definition) is 2. The molecule has 25 heavy (non-hydrogen) atoms. The summed E-state index contributed by atoms with van der Waals surface area (Å²) in [7, 11) is 0. The lowest BCUT2D eigenvalue weighted by Crippen LogP contribution is -1.96. The third kappa shape index (κ3) is 4.71. The molecule has 1 aromatic heterocycles. The maximum Gasteiger partial charge on any atom is 0.274 e. The van der Waals surface area contributed by atoms with E-state index < -0.39 is 0 Å². The number of halogens is 2. The van der Waals surface area contributed by atoms with Crippen LogP contribution in [0.5, 0.6) is 5.88 Å². The fourth-order valence-corrected chi connectivity index (χ4v) is 3.81. The second kappa shape index (κ2) is 8.16. The average Bonchev–Trinajstić information content (AvgIpc) is 2.88. The van der Waals surface area contributed by atoms with Crippen LogP contribution in [0.4, 0.5) is 5.69 Å². The largest absolute Gasteiger partial charge is 0.493 e. The summed E-state index contributed by atoms with van der Waals surface area (Å²) in [5.41, 5.74) is 2.12. The Balaban J connectivity index is 1.63. The van der Waals surface area contributed by atoms with Crippen molar-refractivity contribution in [3.8, 4) is 5.88 Å². The number of hydrogen-bond acceptors (Lipinski definition) is 4. The van der Waals surface area contributed by atoms with Crippen LogP contribution in [0, 0.1) is 0 Å². The summed E-state index contributed by atoms with van der Waals surface area (Å²) in [5, 5.41) is 18.3. The maximum absolute atomic E-state index is 11.9. The minimum absolute atomic E-state index is 0.105. The maximum atomic E-state index is 11.9. The number of carbonyl (C=O) groups excluding carboxylic acids is 1. The molecule has 0 saturated carbocycles. The molecule has 128 valence electrons. The Bertz CT molecular complexity index is 956. The summed E-state index contributed by atoms with van der Waals surface area (Å²) in [5.74, 6) is 0.490. The lowest BCUT2D eigenvalue weighted by atomic mass is 10.2. The van der Waals surface area contributed by atoms with E-state index in [1.165, 1.54) is 11.8 Å². The third-order valence-electron chi connectivity index (χ3n) is 3.36. The van der Waals surface area contributed by atoms with Crippen LogP contribution >= 0.6 is 43.6 Å². The molecule has 0 aliphatic heterocycles. The normalized spacial score (nSPS) is 11.4. The number of benzene rings is 2. The first-order valence-corrected chi connectivity index (χ1v) is 10.0. The highest BCUT2D eigenvalue weighted by Gasteiger charge is 2.11. The third-order valence-corrected chi connectivity index (χ3v) is 5.33. The van der Waals surface area contributed by atoms with Crippen LogP contribution in [0.2, 0.25) is 0 Å². The monoisotopic (exact) mass is 481 g/mol. The number of azo groups is 1. The molecule has 3 rings (SSSR count). The predicted octanol–water partition coefficient (Wildman–Crippen LogP) is 5.94. The van der Waals surface area contributed by atoms with E-state index in [0.29, 0.717) is 11.1 Å². The van der Waals surface area contributed by atoms with Crippen molar-refractivity contribution < 1.29 is 9.90 Å². The van der Waals surface area contributed by atoms with Gasteiger partial charge in [0, 0.05) is 20.1 Å². The second-order valence-electron chi connectivity index (χ2n) is 5.23. The standard InChI is InChI=1S/C17H13Br2N3O2S/c18-11-3-1-2-10(6-11)8-25-9-15(23)21-22-16-13-7-12(19)4-5-14(13)20-17(16)24/h1-7,20,24H,8-9H2. The molecule has 5 nitrogen and oxygen atoms in total. The van der Waals surface area contributed by atoms with E-state index >= 15 is 0 Å². The van der Waals surface area contributed by atoms with Gasteiger partial charge >= 0.3 is 0 Å². The van der Waals surface area contributed by atoms with Gasteiger partial charge in [-0.05, 0) is 35.9 Å². The molecule has 0 spiro atoms. The van der Waals surface area contributed by atoms with Crippen molar-refractivity contribution in [2.75, 3.05) is 5.75 Å². The topological polar surface area (TPSA) is 77.8 Å². The van der Waals surface area contributed by atoms with Crippen LogP contribution in [0.15, 0.2) is 61.6 Å². The number of nitrogens with one attached hydrogen (secondary N) is 1. The summed E-state index contributed by atoms with van der Waals surface area (Å²) < 4.78 is 1.86. The summed E-state index contributed by atoms with van der Waals surface area (Å²) in [6.07, 6.45) is 0. The zero-order valence-corrected chi connectivity index (χ0v) is 16.9. The van der Waals surface area contributed by atoms with Crippen LogP contribution < -0.4 is 0 Å². The van der Waals surface area contributed by atoms with Gasteiger partial charge in [-0.1, -0.05) is 44.0 Å². The second-order valence-corrected chi connectivity index (χ2v) is 8.05. The average molecular weight is 483 g/mol. The lowest BCUT2D eigenvalue weighted by Gasteiger charge is -2.00. The van der Waals surface area contributed by atoms with Crippen LogP contribution in [0.3, 0.4) is 0 Å². The van der Waals surface area contributed by atoms with Crippen molar-refractivity contribution in [2.45, 2.75) is 5.75 Å². The van der Waals surface area contributed by atoms with Crippen molar-refractivity contribution in [2.24, 2.45) is 10.2 Å². The van der Waals surface area contributed by atoms with Gasteiger partial charge < -0.3 is 10.1 Å². The van der Waals surface area contributed by atoms with E-state index in [9.17, 15) is 9.90 Å². The Kier molecular flexibility index (Phi) is 5.93. The number of fused-ring (bicyclic) bond motifs is 1. The summed E-state index contributed by atoms with van der Waals surface area (Å²) in [6.45, 7) is 0. The number of H-pyrrole nitrogens is 1. The molecule has 0 bridgehead atoms. The van der Waals surface area contributed by atoms with Crippen LogP contribution in [-0.4, -0.2) is 21.8 Å². The van der Waals surface area contributed by atoms with E-state index in [1.807, 2.05) is 42.5 Å². The number of nitrogens with zero attached hydrogens (tertiary/aromatic N) is 2. The SMILES string of the molecule is O=C(CSCc1cccc(Br)c1)N=Nc1c(O)[nH]c2ccc(Br)cc12. The first-order valence-electron chi connectivity index (χ1n) is 7.30. The first kappa shape index (κ1) is 18.2. The van der Waals surface area contributed by atoms with Gasteiger partial charge in [0.15, 0.2) is 5.69 Å². The first-order chi connectivity index (χ1) is 12.0. The van der Waals surface area contributed by atoms with Gasteiger partial charge in [-0.3, -0.25) is 4.79 Å². The molecule has 8 heteroatoms. The van der Waals surface area contributed by atoms with E-state index in [4.69, 9.17) is 0 Å². The minimum Gasteiger partial charge on any atom is -0.493 e. The van der Waals surface area contributed by atoms with Crippen molar-refractivity contribution in [3.63, 3.8) is 0 Å².